The molecule has 3 atom stereocenters. The molecule has 132 valence electrons. The minimum atomic E-state index is 0.573. The Morgan fingerprint density at radius 3 is 2.79 bits per heavy atom. The van der Waals surface area contributed by atoms with E-state index in [4.69, 9.17) is 0 Å². The summed E-state index contributed by atoms with van der Waals surface area (Å²) < 4.78 is 0. The second-order valence-electron chi connectivity index (χ2n) is 6.98. The number of hydrogen-bond acceptors (Lipinski definition) is 4. The van der Waals surface area contributed by atoms with E-state index in [-0.39, 0.29) is 0 Å². The summed E-state index contributed by atoms with van der Waals surface area (Å²) in [6, 6.07) is 0.573. The summed E-state index contributed by atoms with van der Waals surface area (Å²) in [5.41, 5.74) is 0. The Morgan fingerprint density at radius 2 is 2.00 bits per heavy atom. The Hall–Kier alpha value is -1.85. The molecule has 6 heteroatoms. The van der Waals surface area contributed by atoms with Crippen molar-refractivity contribution < 1.29 is 0 Å². The summed E-state index contributed by atoms with van der Waals surface area (Å²) in [5.74, 6) is 3.64. The van der Waals surface area contributed by atoms with Crippen molar-refractivity contribution in [2.45, 2.75) is 51.0 Å². The molecule has 0 radical (unpaired) electrons. The molecule has 0 bridgehead atoms. The molecule has 1 heterocycles. The molecule has 3 rings (SSSR count). The first kappa shape index (κ1) is 17.0. The zero-order valence-corrected chi connectivity index (χ0v) is 14.7. The highest BCUT2D eigenvalue weighted by Crippen LogP contribution is 2.40. The number of guanidine groups is 1. The number of nitrogens with zero attached hydrogens (tertiary/aromatic N) is 3. The van der Waals surface area contributed by atoms with Crippen molar-refractivity contribution in [3.8, 4) is 0 Å². The predicted octanol–water partition coefficient (Wildman–Crippen LogP) is 2.41. The fourth-order valence-corrected chi connectivity index (χ4v) is 4.15. The molecular weight excluding hydrogens is 300 g/mol. The maximum absolute atomic E-state index is 4.37. The molecule has 3 N–H and O–H groups in total. The third-order valence-corrected chi connectivity index (χ3v) is 5.39. The Kier molecular flexibility index (Phi) is 6.26. The first-order valence-corrected chi connectivity index (χ1v) is 9.32. The topological polar surface area (TPSA) is 74.2 Å². The van der Waals surface area contributed by atoms with Crippen LogP contribution in [0.25, 0.3) is 0 Å². The number of anilines is 1. The number of rotatable bonds is 5. The molecule has 24 heavy (non-hydrogen) atoms. The summed E-state index contributed by atoms with van der Waals surface area (Å²) in [5, 5.41) is 10.3. The molecule has 2 saturated carbocycles. The van der Waals surface area contributed by atoms with E-state index in [0.29, 0.717) is 6.04 Å². The van der Waals surface area contributed by atoms with E-state index in [0.717, 1.165) is 36.7 Å². The molecule has 1 aromatic heterocycles. The van der Waals surface area contributed by atoms with Crippen molar-refractivity contribution in [2.24, 2.45) is 16.8 Å². The van der Waals surface area contributed by atoms with Crippen LogP contribution in [0.1, 0.15) is 44.9 Å². The molecule has 0 saturated heterocycles. The molecule has 6 nitrogen and oxygen atoms in total. The van der Waals surface area contributed by atoms with E-state index >= 15 is 0 Å². The van der Waals surface area contributed by atoms with Gasteiger partial charge in [-0.05, 0) is 31.1 Å². The van der Waals surface area contributed by atoms with Gasteiger partial charge in [-0.1, -0.05) is 25.7 Å². The number of fused-ring (bicyclic) bond motifs is 1. The van der Waals surface area contributed by atoms with E-state index in [1.165, 1.54) is 44.9 Å². The van der Waals surface area contributed by atoms with Gasteiger partial charge >= 0.3 is 0 Å². The normalized spacial score (nSPS) is 27.2. The third-order valence-electron chi connectivity index (χ3n) is 5.39. The first-order chi connectivity index (χ1) is 11.8. The standard InChI is InChI=1S/C18H30N6/c1-19-18(23-11-10-22-17-13-20-8-9-21-17)24-16-7-6-14-4-2-3-5-15(14)12-16/h8-9,13-16H,2-7,10-12H2,1H3,(H,21,22)(H2,19,23,24). The highest BCUT2D eigenvalue weighted by atomic mass is 15.2. The second kappa shape index (κ2) is 8.85. The fourth-order valence-electron chi connectivity index (χ4n) is 4.15. The van der Waals surface area contributed by atoms with Crippen LogP contribution >= 0.6 is 0 Å². The van der Waals surface area contributed by atoms with Gasteiger partial charge < -0.3 is 16.0 Å². The van der Waals surface area contributed by atoms with Gasteiger partial charge in [0.25, 0.3) is 0 Å². The van der Waals surface area contributed by atoms with E-state index in [1.54, 1.807) is 18.6 Å². The fraction of sp³-hybridized carbons (Fsp3) is 0.722. The van der Waals surface area contributed by atoms with E-state index < -0.39 is 0 Å². The molecule has 2 aliphatic rings. The summed E-state index contributed by atoms with van der Waals surface area (Å²) in [6.45, 7) is 1.59. The van der Waals surface area contributed by atoms with Crippen LogP contribution < -0.4 is 16.0 Å². The van der Waals surface area contributed by atoms with Crippen molar-refractivity contribution in [1.29, 1.82) is 0 Å². The highest BCUT2D eigenvalue weighted by Gasteiger charge is 2.32. The van der Waals surface area contributed by atoms with Gasteiger partial charge in [0.05, 0.1) is 6.20 Å². The van der Waals surface area contributed by atoms with E-state index in [1.807, 2.05) is 7.05 Å². The Morgan fingerprint density at radius 1 is 1.12 bits per heavy atom. The molecule has 0 aromatic carbocycles. The van der Waals surface area contributed by atoms with Gasteiger partial charge in [0, 0.05) is 38.6 Å². The lowest BCUT2D eigenvalue weighted by molar-refractivity contribution is 0.150. The van der Waals surface area contributed by atoms with Gasteiger partial charge in [-0.2, -0.15) is 0 Å². The monoisotopic (exact) mass is 330 g/mol. The van der Waals surface area contributed by atoms with Gasteiger partial charge in [-0.3, -0.25) is 9.98 Å². The predicted molar refractivity (Wildman–Crippen MR) is 98.1 cm³/mol. The Balaban J connectivity index is 1.37. The van der Waals surface area contributed by atoms with Crippen LogP contribution in [0.2, 0.25) is 0 Å². The van der Waals surface area contributed by atoms with Crippen LogP contribution in [0.15, 0.2) is 23.6 Å². The maximum atomic E-state index is 4.37. The molecule has 3 unspecified atom stereocenters. The summed E-state index contributed by atoms with van der Waals surface area (Å²) in [7, 11) is 1.84. The van der Waals surface area contributed by atoms with E-state index in [2.05, 4.69) is 30.9 Å². The molecule has 0 spiro atoms. The minimum Gasteiger partial charge on any atom is -0.367 e. The molecule has 2 aliphatic carbocycles. The SMILES string of the molecule is CN=C(NCCNc1cnccn1)NC1CCC2CCCCC2C1. The quantitative estimate of drug-likeness (QED) is 0.439. The van der Waals surface area contributed by atoms with E-state index in [9.17, 15) is 0 Å². The lowest BCUT2D eigenvalue weighted by atomic mass is 9.69. The van der Waals surface area contributed by atoms with Crippen LogP contribution in [0.5, 0.6) is 0 Å². The van der Waals surface area contributed by atoms with Crippen LogP contribution in [0, 0.1) is 11.8 Å². The van der Waals surface area contributed by atoms with Crippen LogP contribution in [0.4, 0.5) is 5.82 Å². The van der Waals surface area contributed by atoms with Crippen molar-refractivity contribution >= 4 is 11.8 Å². The highest BCUT2D eigenvalue weighted by molar-refractivity contribution is 5.80. The summed E-state index contributed by atoms with van der Waals surface area (Å²) in [6.07, 6.45) is 14.8. The largest absolute Gasteiger partial charge is 0.367 e. The van der Waals surface area contributed by atoms with Crippen molar-refractivity contribution in [3.63, 3.8) is 0 Å². The molecular formula is C18H30N6. The van der Waals surface area contributed by atoms with Gasteiger partial charge in [0.2, 0.25) is 0 Å². The second-order valence-corrected chi connectivity index (χ2v) is 6.98. The van der Waals surface area contributed by atoms with Crippen LogP contribution in [-0.2, 0) is 0 Å². The smallest absolute Gasteiger partial charge is 0.191 e. The minimum absolute atomic E-state index is 0.573. The van der Waals surface area contributed by atoms with Gasteiger partial charge in [-0.25, -0.2) is 4.98 Å². The van der Waals surface area contributed by atoms with Crippen molar-refractivity contribution in [3.05, 3.63) is 18.6 Å². The van der Waals surface area contributed by atoms with Gasteiger partial charge in [0.15, 0.2) is 5.96 Å². The summed E-state index contributed by atoms with van der Waals surface area (Å²) in [4.78, 5) is 12.6. The average molecular weight is 330 g/mol. The zero-order chi connectivity index (χ0) is 16.6. The molecule has 0 amide bonds. The van der Waals surface area contributed by atoms with Crippen LogP contribution in [-0.4, -0.2) is 42.1 Å². The van der Waals surface area contributed by atoms with Gasteiger partial charge in [0.1, 0.15) is 5.82 Å². The Bertz CT molecular complexity index is 518. The van der Waals surface area contributed by atoms with Crippen LogP contribution in [0.3, 0.4) is 0 Å². The molecule has 2 fully saturated rings. The molecule has 1 aromatic rings. The number of nitrogens with one attached hydrogen (secondary N) is 3. The van der Waals surface area contributed by atoms with Gasteiger partial charge in [-0.15, -0.1) is 0 Å². The third kappa shape index (κ3) is 4.82. The Labute approximate surface area is 145 Å². The average Bonchev–Trinajstić information content (AvgIpc) is 2.65. The number of hydrogen-bond donors (Lipinski definition) is 3. The zero-order valence-electron chi connectivity index (χ0n) is 14.7. The lowest BCUT2D eigenvalue weighted by Gasteiger charge is -2.39. The summed E-state index contributed by atoms with van der Waals surface area (Å²) >= 11 is 0. The maximum Gasteiger partial charge on any atom is 0.191 e. The number of aromatic nitrogens is 2. The first-order valence-electron chi connectivity index (χ1n) is 9.32. The number of aliphatic imine (C=N–C) groups is 1. The lowest BCUT2D eigenvalue weighted by Crippen LogP contribution is -2.47. The van der Waals surface area contributed by atoms with Crippen molar-refractivity contribution in [1.82, 2.24) is 20.6 Å². The molecule has 0 aliphatic heterocycles. The van der Waals surface area contributed by atoms with Crippen molar-refractivity contribution in [2.75, 3.05) is 25.5 Å².